The van der Waals surface area contributed by atoms with E-state index in [-0.39, 0.29) is 37.5 Å². The van der Waals surface area contributed by atoms with Crippen LogP contribution in [0.2, 0.25) is 0 Å². The lowest BCUT2D eigenvalue weighted by Crippen LogP contribution is -2.30. The number of hydrogen-bond donors (Lipinski definition) is 0. The lowest BCUT2D eigenvalue weighted by Gasteiger charge is -2.18. The van der Waals surface area contributed by atoms with Gasteiger partial charge in [-0.15, -0.1) is 0 Å². The number of esters is 3. The maximum Gasteiger partial charge on any atom is 0.306 e. The molecule has 1 unspecified atom stereocenters. The Labute approximate surface area is 515 Å². The molecule has 0 aromatic rings. The van der Waals surface area contributed by atoms with Gasteiger partial charge in [0.15, 0.2) is 6.10 Å². The molecule has 478 valence electrons. The van der Waals surface area contributed by atoms with Crippen LogP contribution in [0, 0.1) is 0 Å². The van der Waals surface area contributed by atoms with Gasteiger partial charge >= 0.3 is 17.9 Å². The average Bonchev–Trinajstić information content (AvgIpc) is 3.48. The Morgan fingerprint density at radius 3 is 0.831 bits per heavy atom. The van der Waals surface area contributed by atoms with Crippen molar-refractivity contribution >= 4 is 17.9 Å². The van der Waals surface area contributed by atoms with E-state index in [2.05, 4.69) is 118 Å². The molecule has 0 saturated heterocycles. The zero-order valence-electron chi connectivity index (χ0n) is 54.9. The Bertz CT molecular complexity index is 1610. The highest BCUT2D eigenvalue weighted by Gasteiger charge is 2.19. The topological polar surface area (TPSA) is 78.9 Å². The molecule has 0 N–H and O–H groups in total. The van der Waals surface area contributed by atoms with Crippen molar-refractivity contribution in [2.24, 2.45) is 0 Å². The molecule has 83 heavy (non-hydrogen) atoms. The molecular formula is C77H134O6. The monoisotopic (exact) mass is 1160 g/mol. The minimum absolute atomic E-state index is 0.101. The Morgan fingerprint density at radius 1 is 0.253 bits per heavy atom. The zero-order chi connectivity index (χ0) is 59.9. The van der Waals surface area contributed by atoms with Crippen molar-refractivity contribution in [2.75, 3.05) is 13.2 Å². The Balaban J connectivity index is 4.19. The summed E-state index contributed by atoms with van der Waals surface area (Å²) in [5, 5.41) is 0. The van der Waals surface area contributed by atoms with Crippen LogP contribution in [0.15, 0.2) is 97.2 Å². The van der Waals surface area contributed by atoms with Crippen molar-refractivity contribution in [3.05, 3.63) is 97.2 Å². The standard InChI is InChI=1S/C77H134O6/c1-4-7-10-13-16-19-22-24-26-28-30-32-34-35-36-37-38-39-40-41-42-44-45-47-49-51-53-55-58-61-64-67-70-76(79)82-73-74(72-81-75(78)69-66-63-60-57-21-18-15-12-9-6-3)83-77(80)71-68-65-62-59-56-54-52-50-48-46-43-33-31-29-27-25-23-20-17-14-11-8-5-2/h8,11-12,15,17,20,25,27,31,33,46,48,52,54,59,62,74H,4-7,9-10,13-14,16,18-19,21-24,26,28-30,32,34-45,47,49-51,53,55-58,60-61,63-73H2,1-3H3/b11-8-,15-12-,20-17-,27-25-,33-31-,48-46-,54-52-,62-59-. The second-order valence-electron chi connectivity index (χ2n) is 23.8. The van der Waals surface area contributed by atoms with Crippen molar-refractivity contribution < 1.29 is 28.6 Å². The highest BCUT2D eigenvalue weighted by atomic mass is 16.6. The zero-order valence-corrected chi connectivity index (χ0v) is 54.9. The summed E-state index contributed by atoms with van der Waals surface area (Å²) in [6.07, 6.45) is 96.2. The minimum Gasteiger partial charge on any atom is -0.462 e. The summed E-state index contributed by atoms with van der Waals surface area (Å²) >= 11 is 0. The number of rotatable bonds is 65. The Hall–Kier alpha value is -3.67. The minimum atomic E-state index is -0.812. The molecule has 0 heterocycles. The SMILES string of the molecule is CC/C=C\C/C=C\C/C=C\C/C=C\C/C=C\C/C=C\C/C=C\CCCC(=O)OC(COC(=O)CCCCCCC/C=C\CCC)COC(=O)CCCCCCCCCCCCCCCCCCCCCCCCCCCCCCCCCC. The van der Waals surface area contributed by atoms with E-state index in [0.29, 0.717) is 19.3 Å². The van der Waals surface area contributed by atoms with Crippen LogP contribution in [-0.4, -0.2) is 37.2 Å². The van der Waals surface area contributed by atoms with Gasteiger partial charge in [-0.2, -0.15) is 0 Å². The highest BCUT2D eigenvalue weighted by Crippen LogP contribution is 2.18. The first kappa shape index (κ1) is 79.3. The van der Waals surface area contributed by atoms with Crippen LogP contribution in [0.3, 0.4) is 0 Å². The van der Waals surface area contributed by atoms with Gasteiger partial charge < -0.3 is 14.2 Å². The number of carbonyl (C=O) groups excluding carboxylic acids is 3. The lowest BCUT2D eigenvalue weighted by atomic mass is 10.0. The maximum absolute atomic E-state index is 12.9. The van der Waals surface area contributed by atoms with Crippen LogP contribution in [-0.2, 0) is 28.6 Å². The molecule has 0 rings (SSSR count). The second-order valence-corrected chi connectivity index (χ2v) is 23.8. The van der Waals surface area contributed by atoms with Crippen LogP contribution in [0.5, 0.6) is 0 Å². The quantitative estimate of drug-likeness (QED) is 0.0261. The number of hydrogen-bond acceptors (Lipinski definition) is 6. The van der Waals surface area contributed by atoms with E-state index in [0.717, 1.165) is 109 Å². The fourth-order valence-electron chi connectivity index (χ4n) is 10.3. The normalized spacial score (nSPS) is 12.7. The van der Waals surface area contributed by atoms with Crippen molar-refractivity contribution in [3.63, 3.8) is 0 Å². The summed E-state index contributed by atoms with van der Waals surface area (Å²) in [4.78, 5) is 38.3. The smallest absolute Gasteiger partial charge is 0.306 e. The number of carbonyl (C=O) groups is 3. The first-order chi connectivity index (χ1) is 41.0. The molecule has 1 atom stereocenters. The number of allylic oxidation sites excluding steroid dienone is 16. The lowest BCUT2D eigenvalue weighted by molar-refractivity contribution is -0.167. The fraction of sp³-hybridized carbons (Fsp3) is 0.753. The van der Waals surface area contributed by atoms with Gasteiger partial charge in [0.1, 0.15) is 13.2 Å². The van der Waals surface area contributed by atoms with Crippen LogP contribution in [0.25, 0.3) is 0 Å². The van der Waals surface area contributed by atoms with E-state index in [9.17, 15) is 14.4 Å². The third-order valence-electron chi connectivity index (χ3n) is 15.6. The Kier molecular flexibility index (Phi) is 67.7. The molecule has 0 fully saturated rings. The van der Waals surface area contributed by atoms with Crippen LogP contribution < -0.4 is 0 Å². The summed E-state index contributed by atoms with van der Waals surface area (Å²) in [5.74, 6) is -0.961. The van der Waals surface area contributed by atoms with E-state index in [4.69, 9.17) is 14.2 Å². The van der Waals surface area contributed by atoms with Gasteiger partial charge in [-0.3, -0.25) is 14.4 Å². The summed E-state index contributed by atoms with van der Waals surface area (Å²) in [7, 11) is 0. The molecule has 0 spiro atoms. The third-order valence-corrected chi connectivity index (χ3v) is 15.6. The van der Waals surface area contributed by atoms with Gasteiger partial charge in [-0.05, 0) is 89.9 Å². The van der Waals surface area contributed by atoms with Crippen LogP contribution in [0.1, 0.15) is 355 Å². The van der Waals surface area contributed by atoms with Crippen molar-refractivity contribution in [2.45, 2.75) is 361 Å². The molecule has 6 heteroatoms. The molecule has 0 aromatic heterocycles. The van der Waals surface area contributed by atoms with Crippen molar-refractivity contribution in [3.8, 4) is 0 Å². The van der Waals surface area contributed by atoms with Crippen LogP contribution >= 0.6 is 0 Å². The third kappa shape index (κ3) is 69.0. The van der Waals surface area contributed by atoms with Crippen molar-refractivity contribution in [1.29, 1.82) is 0 Å². The van der Waals surface area contributed by atoms with E-state index in [1.165, 1.54) is 199 Å². The Morgan fingerprint density at radius 2 is 0.506 bits per heavy atom. The van der Waals surface area contributed by atoms with Gasteiger partial charge in [0.05, 0.1) is 0 Å². The van der Waals surface area contributed by atoms with Crippen LogP contribution in [0.4, 0.5) is 0 Å². The maximum atomic E-state index is 12.9. The van der Waals surface area contributed by atoms with Gasteiger partial charge in [-0.1, -0.05) is 343 Å². The number of unbranched alkanes of at least 4 members (excludes halogenated alkanes) is 38. The summed E-state index contributed by atoms with van der Waals surface area (Å²) < 4.78 is 16.9. The van der Waals surface area contributed by atoms with E-state index < -0.39 is 6.10 Å². The van der Waals surface area contributed by atoms with Gasteiger partial charge in [0, 0.05) is 19.3 Å². The first-order valence-corrected chi connectivity index (χ1v) is 35.7. The number of ether oxygens (including phenoxy) is 3. The van der Waals surface area contributed by atoms with Gasteiger partial charge in [-0.25, -0.2) is 0 Å². The predicted molar refractivity (Wildman–Crippen MR) is 362 cm³/mol. The molecule has 0 radical (unpaired) electrons. The summed E-state index contributed by atoms with van der Waals surface area (Å²) in [6.45, 7) is 6.45. The van der Waals surface area contributed by atoms with E-state index in [1.54, 1.807) is 0 Å². The molecule has 6 nitrogen and oxygen atoms in total. The molecule has 0 bridgehead atoms. The molecule has 0 amide bonds. The van der Waals surface area contributed by atoms with Gasteiger partial charge in [0.2, 0.25) is 0 Å². The van der Waals surface area contributed by atoms with Gasteiger partial charge in [0.25, 0.3) is 0 Å². The predicted octanol–water partition coefficient (Wildman–Crippen LogP) is 24.8. The van der Waals surface area contributed by atoms with Crippen molar-refractivity contribution in [1.82, 2.24) is 0 Å². The fourth-order valence-corrected chi connectivity index (χ4v) is 10.3. The second kappa shape index (κ2) is 70.8. The first-order valence-electron chi connectivity index (χ1n) is 35.7. The molecular weight excluding hydrogens is 1020 g/mol. The molecule has 0 aromatic carbocycles. The van der Waals surface area contributed by atoms with E-state index >= 15 is 0 Å². The molecule has 0 aliphatic rings. The molecule has 0 aliphatic carbocycles. The largest absolute Gasteiger partial charge is 0.462 e. The average molecular weight is 1160 g/mol. The highest BCUT2D eigenvalue weighted by molar-refractivity contribution is 5.71. The van der Waals surface area contributed by atoms with E-state index in [1.807, 2.05) is 0 Å². The summed E-state index contributed by atoms with van der Waals surface area (Å²) in [5.41, 5.74) is 0. The molecule has 0 aliphatic heterocycles. The molecule has 0 saturated carbocycles. The summed E-state index contributed by atoms with van der Waals surface area (Å²) in [6, 6.07) is 0.